The summed E-state index contributed by atoms with van der Waals surface area (Å²) in [5.74, 6) is -0.103. The van der Waals surface area contributed by atoms with Crippen LogP contribution in [0.15, 0.2) is 30.3 Å². The Labute approximate surface area is 121 Å². The summed E-state index contributed by atoms with van der Waals surface area (Å²) >= 11 is 7.46. The topological polar surface area (TPSA) is 21.3 Å². The lowest BCUT2D eigenvalue weighted by Gasteiger charge is -2.17. The van der Waals surface area contributed by atoms with Gasteiger partial charge in [0.2, 0.25) is 0 Å². The van der Waals surface area contributed by atoms with Crippen LogP contribution in [0.25, 0.3) is 0 Å². The van der Waals surface area contributed by atoms with Gasteiger partial charge in [0.25, 0.3) is 0 Å². The number of methoxy groups -OCH3 is 1. The van der Waals surface area contributed by atoms with Crippen LogP contribution in [0.5, 0.6) is 5.75 Å². The number of hydrogen-bond acceptors (Lipinski definition) is 3. The van der Waals surface area contributed by atoms with E-state index in [-0.39, 0.29) is 17.6 Å². The number of halogens is 2. The molecule has 2 aromatic rings. The third-order valence-corrected chi connectivity index (χ3v) is 4.09. The monoisotopic (exact) mass is 299 g/mol. The molecule has 2 rings (SSSR count). The molecule has 0 aliphatic carbocycles. The van der Waals surface area contributed by atoms with Gasteiger partial charge in [-0.3, -0.25) is 0 Å². The highest BCUT2D eigenvalue weighted by atomic mass is 35.5. The molecule has 102 valence electrons. The number of rotatable bonds is 5. The fourth-order valence-electron chi connectivity index (χ4n) is 1.93. The molecule has 0 fully saturated rings. The second-order valence-electron chi connectivity index (χ2n) is 4.03. The lowest BCUT2D eigenvalue weighted by atomic mass is 10.0. The minimum atomic E-state index is -0.356. The molecule has 1 atom stereocenters. The van der Waals surface area contributed by atoms with Gasteiger partial charge in [-0.05, 0) is 36.4 Å². The van der Waals surface area contributed by atoms with Crippen LogP contribution in [0.2, 0.25) is 4.34 Å². The highest BCUT2D eigenvalue weighted by Gasteiger charge is 2.17. The van der Waals surface area contributed by atoms with Crippen molar-refractivity contribution in [1.29, 1.82) is 0 Å². The molecule has 5 heteroatoms. The molecule has 0 spiro atoms. The van der Waals surface area contributed by atoms with Crippen molar-refractivity contribution in [3.05, 3.63) is 50.9 Å². The lowest BCUT2D eigenvalue weighted by Crippen LogP contribution is -2.21. The summed E-state index contributed by atoms with van der Waals surface area (Å²) < 4.78 is 19.5. The van der Waals surface area contributed by atoms with E-state index in [0.717, 1.165) is 21.3 Å². The van der Waals surface area contributed by atoms with Gasteiger partial charge in [-0.1, -0.05) is 24.6 Å². The van der Waals surface area contributed by atoms with Crippen molar-refractivity contribution in [3.63, 3.8) is 0 Å². The molecular weight excluding hydrogens is 285 g/mol. The molecule has 0 radical (unpaired) electrons. The largest absolute Gasteiger partial charge is 0.494 e. The number of benzene rings is 1. The van der Waals surface area contributed by atoms with Gasteiger partial charge in [-0.15, -0.1) is 11.3 Å². The molecule has 1 unspecified atom stereocenters. The Hall–Kier alpha value is -1.10. The molecule has 0 bridgehead atoms. The Balaban J connectivity index is 2.36. The average Bonchev–Trinajstić information content (AvgIpc) is 2.82. The first kappa shape index (κ1) is 14.3. The van der Waals surface area contributed by atoms with Crippen molar-refractivity contribution >= 4 is 22.9 Å². The predicted octanol–water partition coefficient (Wildman–Crippen LogP) is 4.25. The van der Waals surface area contributed by atoms with Crippen LogP contribution in [0.1, 0.15) is 23.4 Å². The Morgan fingerprint density at radius 3 is 2.68 bits per heavy atom. The number of hydrogen-bond donors (Lipinski definition) is 1. The molecule has 0 saturated heterocycles. The van der Waals surface area contributed by atoms with E-state index in [9.17, 15) is 4.39 Å². The summed E-state index contributed by atoms with van der Waals surface area (Å²) in [7, 11) is 1.46. The Kier molecular flexibility index (Phi) is 4.80. The average molecular weight is 300 g/mol. The zero-order chi connectivity index (χ0) is 13.8. The van der Waals surface area contributed by atoms with Crippen LogP contribution in [-0.4, -0.2) is 13.7 Å². The molecule has 0 aliphatic rings. The van der Waals surface area contributed by atoms with Gasteiger partial charge in [0.1, 0.15) is 0 Å². The highest BCUT2D eigenvalue weighted by Crippen LogP contribution is 2.32. The first-order valence-electron chi connectivity index (χ1n) is 5.97. The van der Waals surface area contributed by atoms with Crippen LogP contribution >= 0.6 is 22.9 Å². The van der Waals surface area contributed by atoms with Gasteiger partial charge in [-0.2, -0.15) is 0 Å². The van der Waals surface area contributed by atoms with Crippen molar-refractivity contribution in [2.45, 2.75) is 13.0 Å². The molecule has 2 nitrogen and oxygen atoms in total. The molecule has 1 heterocycles. The molecule has 19 heavy (non-hydrogen) atoms. The highest BCUT2D eigenvalue weighted by molar-refractivity contribution is 7.16. The quantitative estimate of drug-likeness (QED) is 0.891. The second kappa shape index (κ2) is 6.37. The smallest absolute Gasteiger partial charge is 0.165 e. The first-order chi connectivity index (χ1) is 9.15. The molecule has 1 aromatic heterocycles. The normalized spacial score (nSPS) is 12.4. The summed E-state index contributed by atoms with van der Waals surface area (Å²) in [4.78, 5) is 1.07. The van der Waals surface area contributed by atoms with Gasteiger partial charge in [0.05, 0.1) is 17.5 Å². The van der Waals surface area contributed by atoms with Gasteiger partial charge in [0.15, 0.2) is 11.6 Å². The Morgan fingerprint density at radius 2 is 2.16 bits per heavy atom. The Morgan fingerprint density at radius 1 is 1.37 bits per heavy atom. The fourth-order valence-corrected chi connectivity index (χ4v) is 3.10. The van der Waals surface area contributed by atoms with Crippen molar-refractivity contribution in [2.24, 2.45) is 0 Å². The van der Waals surface area contributed by atoms with Crippen LogP contribution in [0.3, 0.4) is 0 Å². The van der Waals surface area contributed by atoms with Crippen LogP contribution in [-0.2, 0) is 0 Å². The Bertz CT molecular complexity index is 558. The maximum atomic E-state index is 13.8. The first-order valence-corrected chi connectivity index (χ1v) is 7.17. The summed E-state index contributed by atoms with van der Waals surface area (Å²) in [6, 6.07) is 8.77. The van der Waals surface area contributed by atoms with Crippen molar-refractivity contribution < 1.29 is 9.13 Å². The van der Waals surface area contributed by atoms with E-state index in [4.69, 9.17) is 16.3 Å². The van der Waals surface area contributed by atoms with E-state index < -0.39 is 0 Å². The van der Waals surface area contributed by atoms with Gasteiger partial charge in [0, 0.05) is 4.88 Å². The zero-order valence-electron chi connectivity index (χ0n) is 10.7. The number of thiophene rings is 1. The third kappa shape index (κ3) is 3.26. The lowest BCUT2D eigenvalue weighted by molar-refractivity contribution is 0.386. The zero-order valence-corrected chi connectivity index (χ0v) is 12.3. The van der Waals surface area contributed by atoms with Crippen molar-refractivity contribution in [1.82, 2.24) is 5.32 Å². The van der Waals surface area contributed by atoms with Crippen molar-refractivity contribution in [2.75, 3.05) is 13.7 Å². The number of ether oxygens (including phenoxy) is 1. The molecule has 0 saturated carbocycles. The van der Waals surface area contributed by atoms with E-state index in [1.165, 1.54) is 24.5 Å². The standard InChI is InChI=1S/C14H15ClFNOS/c1-3-17-14(12-6-7-13(15)19-12)9-4-5-11(18-2)10(16)8-9/h4-8,14,17H,3H2,1-2H3. The molecule has 0 aliphatic heterocycles. The second-order valence-corrected chi connectivity index (χ2v) is 5.77. The van der Waals surface area contributed by atoms with Crippen molar-refractivity contribution in [3.8, 4) is 5.75 Å². The maximum absolute atomic E-state index is 13.8. The predicted molar refractivity (Wildman–Crippen MR) is 77.8 cm³/mol. The summed E-state index contributed by atoms with van der Waals surface area (Å²) in [6.07, 6.45) is 0. The van der Waals surface area contributed by atoms with Crippen LogP contribution < -0.4 is 10.1 Å². The summed E-state index contributed by atoms with van der Waals surface area (Å²) in [5, 5.41) is 3.34. The SMILES string of the molecule is CCNC(c1ccc(OC)c(F)c1)c1ccc(Cl)s1. The number of nitrogens with one attached hydrogen (secondary N) is 1. The molecule has 1 N–H and O–H groups in total. The van der Waals surface area contributed by atoms with E-state index in [1.54, 1.807) is 6.07 Å². The van der Waals surface area contributed by atoms with E-state index in [0.29, 0.717) is 0 Å². The summed E-state index contributed by atoms with van der Waals surface area (Å²) in [5.41, 5.74) is 0.860. The van der Waals surface area contributed by atoms with Gasteiger partial charge in [-0.25, -0.2) is 4.39 Å². The van der Waals surface area contributed by atoms with Gasteiger partial charge >= 0.3 is 0 Å². The maximum Gasteiger partial charge on any atom is 0.165 e. The van der Waals surface area contributed by atoms with E-state index >= 15 is 0 Å². The van der Waals surface area contributed by atoms with E-state index in [2.05, 4.69) is 5.32 Å². The fraction of sp³-hybridized carbons (Fsp3) is 0.286. The molecular formula is C14H15ClFNOS. The van der Waals surface area contributed by atoms with E-state index in [1.807, 2.05) is 25.1 Å². The minimum Gasteiger partial charge on any atom is -0.494 e. The van der Waals surface area contributed by atoms with Crippen LogP contribution in [0, 0.1) is 5.82 Å². The minimum absolute atomic E-state index is 0.0529. The molecule has 1 aromatic carbocycles. The van der Waals surface area contributed by atoms with Crippen LogP contribution in [0.4, 0.5) is 4.39 Å². The van der Waals surface area contributed by atoms with Gasteiger partial charge < -0.3 is 10.1 Å². The molecule has 0 amide bonds. The summed E-state index contributed by atoms with van der Waals surface area (Å²) in [6.45, 7) is 2.80. The third-order valence-electron chi connectivity index (χ3n) is 2.80.